The van der Waals surface area contributed by atoms with Gasteiger partial charge in [0.1, 0.15) is 0 Å². The first-order valence-corrected chi connectivity index (χ1v) is 10.4. The molecule has 6 heteroatoms. The van der Waals surface area contributed by atoms with E-state index in [0.717, 1.165) is 21.8 Å². The van der Waals surface area contributed by atoms with Crippen LogP contribution in [0.5, 0.6) is 0 Å². The number of hydrogen-bond acceptors (Lipinski definition) is 3. The fourth-order valence-corrected chi connectivity index (χ4v) is 4.93. The molecule has 2 aromatic rings. The van der Waals surface area contributed by atoms with Gasteiger partial charge in [0.25, 0.3) is 0 Å². The molecule has 0 aliphatic carbocycles. The minimum atomic E-state index is -0.184. The first kappa shape index (κ1) is 19.2. The zero-order chi connectivity index (χ0) is 18.2. The summed E-state index contributed by atoms with van der Waals surface area (Å²) in [5.41, 5.74) is 3.81. The number of benzene rings is 1. The molecule has 3 rings (SSSR count). The predicted molar refractivity (Wildman–Crippen MR) is 114 cm³/mol. The Hall–Kier alpha value is -0.615. The molecule has 0 N–H and O–H groups in total. The number of hydrogen-bond donors (Lipinski definition) is 0. The number of thiophene rings is 1. The van der Waals surface area contributed by atoms with E-state index in [4.69, 9.17) is 16.3 Å². The fourth-order valence-electron chi connectivity index (χ4n) is 3.16. The molecular weight excluding hydrogens is 416 g/mol. The molecule has 1 aromatic carbocycles. The Kier molecular flexibility index (Phi) is 5.79. The molecule has 1 aliphatic rings. The molecule has 0 fully saturated rings. The molecule has 2 heterocycles. The number of nitrogens with zero attached hydrogens (tertiary/aromatic N) is 1. The second-order valence-corrected chi connectivity index (χ2v) is 10.3. The van der Waals surface area contributed by atoms with Crippen molar-refractivity contribution in [1.82, 2.24) is 4.90 Å². The summed E-state index contributed by atoms with van der Waals surface area (Å²) >= 11 is 11.6. The van der Waals surface area contributed by atoms with Gasteiger partial charge in [0.2, 0.25) is 0 Å². The van der Waals surface area contributed by atoms with E-state index in [1.54, 1.807) is 11.3 Å². The number of likely N-dealkylation sites (N-methyl/N-ethyl adjacent to an activating group) is 1. The molecule has 0 radical (unpaired) electrons. The van der Waals surface area contributed by atoms with Crippen LogP contribution >= 0.6 is 38.9 Å². The van der Waals surface area contributed by atoms with Gasteiger partial charge in [0, 0.05) is 0 Å². The second kappa shape index (κ2) is 7.55. The van der Waals surface area contributed by atoms with Crippen LogP contribution in [0.1, 0.15) is 43.5 Å². The van der Waals surface area contributed by atoms with Gasteiger partial charge in [-0.15, -0.1) is 0 Å². The average Bonchev–Trinajstić information content (AvgIpc) is 2.86. The standard InChI is InChI=1S/C19H22BBrClNOS/c1-19(2,3)24-11-20-18-15(10-16(21)25-18)17-14-6-5-13(22)9-12(14)7-8-23(17)4/h5-6,9-11,17H,7-8H2,1-4H3. The van der Waals surface area contributed by atoms with Crippen molar-refractivity contribution in [2.45, 2.75) is 38.8 Å². The van der Waals surface area contributed by atoms with Gasteiger partial charge >= 0.3 is 169 Å². The Bertz CT molecular complexity index is 799. The van der Waals surface area contributed by atoms with E-state index in [2.05, 4.69) is 73.8 Å². The van der Waals surface area contributed by atoms with Gasteiger partial charge in [-0.25, -0.2) is 0 Å². The Balaban J connectivity index is 1.99. The molecule has 1 aliphatic heterocycles. The molecule has 1 unspecified atom stereocenters. The summed E-state index contributed by atoms with van der Waals surface area (Å²) in [4.78, 5) is 2.41. The van der Waals surface area contributed by atoms with E-state index in [1.807, 2.05) is 12.2 Å². The Morgan fingerprint density at radius 2 is 2.08 bits per heavy atom. The summed E-state index contributed by atoms with van der Waals surface area (Å²) in [6.45, 7) is 9.26. The van der Waals surface area contributed by atoms with Crippen LogP contribution in [0.3, 0.4) is 0 Å². The topological polar surface area (TPSA) is 12.5 Å². The molecule has 0 saturated heterocycles. The maximum absolute atomic E-state index is 6.21. The predicted octanol–water partition coefficient (Wildman–Crippen LogP) is 4.65. The van der Waals surface area contributed by atoms with Gasteiger partial charge in [-0.3, -0.25) is 0 Å². The third kappa shape index (κ3) is 4.57. The van der Waals surface area contributed by atoms with Crippen LogP contribution < -0.4 is 4.78 Å². The quantitative estimate of drug-likeness (QED) is 0.647. The fraction of sp³-hybridized carbons (Fsp3) is 0.421. The molecule has 25 heavy (non-hydrogen) atoms. The zero-order valence-electron chi connectivity index (χ0n) is 15.0. The number of halogens is 2. The number of rotatable bonds is 3. The van der Waals surface area contributed by atoms with Gasteiger partial charge in [-0.05, 0) is 0 Å². The molecule has 0 spiro atoms. The van der Waals surface area contributed by atoms with Crippen molar-refractivity contribution in [2.24, 2.45) is 0 Å². The van der Waals surface area contributed by atoms with Crippen molar-refractivity contribution in [1.29, 1.82) is 0 Å². The summed E-state index contributed by atoms with van der Waals surface area (Å²) < 4.78 is 8.13. The second-order valence-electron chi connectivity index (χ2n) is 7.38. The van der Waals surface area contributed by atoms with Crippen molar-refractivity contribution in [3.63, 3.8) is 0 Å². The van der Waals surface area contributed by atoms with Gasteiger partial charge in [-0.1, -0.05) is 0 Å². The first-order chi connectivity index (χ1) is 11.7. The van der Waals surface area contributed by atoms with E-state index in [0.29, 0.717) is 0 Å². The molecule has 2 nitrogen and oxygen atoms in total. The van der Waals surface area contributed by atoms with Crippen molar-refractivity contribution < 1.29 is 4.74 Å². The monoisotopic (exact) mass is 437 g/mol. The van der Waals surface area contributed by atoms with Crippen LogP contribution in [-0.4, -0.2) is 37.2 Å². The molecule has 0 bridgehead atoms. The maximum atomic E-state index is 6.21. The van der Waals surface area contributed by atoms with Crippen LogP contribution in [0.2, 0.25) is 5.02 Å². The summed E-state index contributed by atoms with van der Waals surface area (Å²) in [6, 6.07) is 8.73. The molecular formula is C19H22BBrClNOS. The summed E-state index contributed by atoms with van der Waals surface area (Å²) in [5, 5.41) is 0.812. The van der Waals surface area contributed by atoms with Crippen LogP contribution in [0.25, 0.3) is 0 Å². The molecule has 0 saturated carbocycles. The molecule has 132 valence electrons. The van der Waals surface area contributed by atoms with Crippen LogP contribution in [0, 0.1) is 0 Å². The van der Waals surface area contributed by atoms with Crippen LogP contribution in [0.4, 0.5) is 0 Å². The minimum absolute atomic E-state index is 0.184. The van der Waals surface area contributed by atoms with Gasteiger partial charge in [-0.2, -0.15) is 0 Å². The number of fused-ring (bicyclic) bond motifs is 1. The van der Waals surface area contributed by atoms with Gasteiger partial charge in [0.15, 0.2) is 0 Å². The molecule has 1 atom stereocenters. The van der Waals surface area contributed by atoms with Crippen molar-refractivity contribution in [3.05, 3.63) is 49.8 Å². The Morgan fingerprint density at radius 3 is 2.80 bits per heavy atom. The number of ether oxygens (including phenoxy) is 1. The van der Waals surface area contributed by atoms with E-state index >= 15 is 0 Å². The normalized spacial score (nSPS) is 18.2. The molecule has 1 aromatic heterocycles. The van der Waals surface area contributed by atoms with Gasteiger partial charge in [0.05, 0.1) is 0 Å². The third-order valence-corrected chi connectivity index (χ3v) is 6.12. The third-order valence-electron chi connectivity index (χ3n) is 4.27. The van der Waals surface area contributed by atoms with Crippen molar-refractivity contribution in [3.8, 4) is 0 Å². The van der Waals surface area contributed by atoms with Crippen molar-refractivity contribution >= 4 is 56.7 Å². The van der Waals surface area contributed by atoms with Gasteiger partial charge < -0.3 is 0 Å². The average molecular weight is 439 g/mol. The summed E-state index contributed by atoms with van der Waals surface area (Å²) in [6.07, 6.45) is 2.85. The molecule has 0 amide bonds. The Labute approximate surface area is 168 Å². The van der Waals surface area contributed by atoms with Crippen molar-refractivity contribution in [2.75, 3.05) is 13.6 Å². The van der Waals surface area contributed by atoms with E-state index in [9.17, 15) is 0 Å². The van der Waals surface area contributed by atoms with E-state index in [1.165, 1.54) is 21.5 Å². The van der Waals surface area contributed by atoms with E-state index < -0.39 is 0 Å². The zero-order valence-corrected chi connectivity index (χ0v) is 18.1. The van der Waals surface area contributed by atoms with E-state index in [-0.39, 0.29) is 11.6 Å². The summed E-state index contributed by atoms with van der Waals surface area (Å²) in [7, 11) is 2.19. The Morgan fingerprint density at radius 1 is 1.32 bits per heavy atom. The van der Waals surface area contributed by atoms with Crippen LogP contribution in [-0.2, 0) is 11.2 Å². The van der Waals surface area contributed by atoms with Crippen LogP contribution in [0.15, 0.2) is 28.1 Å². The SMILES string of the molecule is CN1CCc2cc(Cl)ccc2C1c1cc(Br)sc1B=COC(C)(C)C. The first-order valence-electron chi connectivity index (χ1n) is 8.37. The summed E-state index contributed by atoms with van der Waals surface area (Å²) in [5.74, 6) is 0.